The van der Waals surface area contributed by atoms with Gasteiger partial charge in [0.25, 0.3) is 5.91 Å². The van der Waals surface area contributed by atoms with Gasteiger partial charge < -0.3 is 14.7 Å². The second-order valence-electron chi connectivity index (χ2n) is 6.24. The number of hydrogen-bond donors (Lipinski definition) is 1. The van der Waals surface area contributed by atoms with Crippen molar-refractivity contribution in [2.24, 2.45) is 0 Å². The van der Waals surface area contributed by atoms with Crippen LogP contribution in [0.15, 0.2) is 24.3 Å². The highest BCUT2D eigenvalue weighted by molar-refractivity contribution is 5.94. The molecule has 3 atom stereocenters. The highest BCUT2D eigenvalue weighted by Gasteiger charge is 2.30. The molecular formula is C18H27NO3. The quantitative estimate of drug-likeness (QED) is 0.878. The molecule has 3 unspecified atom stereocenters. The minimum atomic E-state index is -0.371. The second kappa shape index (κ2) is 7.63. The van der Waals surface area contributed by atoms with Gasteiger partial charge in [0.05, 0.1) is 12.2 Å². The van der Waals surface area contributed by atoms with Crippen molar-refractivity contribution in [1.82, 2.24) is 4.90 Å². The maximum atomic E-state index is 12.6. The van der Waals surface area contributed by atoms with Gasteiger partial charge in [-0.3, -0.25) is 4.79 Å². The zero-order chi connectivity index (χ0) is 16.1. The van der Waals surface area contributed by atoms with Gasteiger partial charge in [0, 0.05) is 18.2 Å². The number of amides is 1. The minimum absolute atomic E-state index is 0.0539. The highest BCUT2D eigenvalue weighted by atomic mass is 16.5. The molecule has 0 saturated carbocycles. The van der Waals surface area contributed by atoms with Crippen molar-refractivity contribution in [3.05, 3.63) is 29.8 Å². The van der Waals surface area contributed by atoms with Gasteiger partial charge in [-0.25, -0.2) is 0 Å². The number of aliphatic hydroxyl groups is 1. The SMILES string of the molecule is CCC(C)Oc1ccc(C(=O)N2CCCC2CC(C)O)cc1. The van der Waals surface area contributed by atoms with E-state index in [1.54, 1.807) is 6.92 Å². The summed E-state index contributed by atoms with van der Waals surface area (Å²) in [6.45, 7) is 6.67. The Morgan fingerprint density at radius 2 is 2.05 bits per heavy atom. The molecule has 2 rings (SSSR count). The predicted octanol–water partition coefficient (Wildman–Crippen LogP) is 3.24. The lowest BCUT2D eigenvalue weighted by molar-refractivity contribution is 0.0682. The van der Waals surface area contributed by atoms with Crippen molar-refractivity contribution in [1.29, 1.82) is 0 Å². The Hall–Kier alpha value is -1.55. The molecule has 0 aliphatic carbocycles. The van der Waals surface area contributed by atoms with Crippen LogP contribution < -0.4 is 4.74 Å². The molecule has 4 nitrogen and oxygen atoms in total. The average molecular weight is 305 g/mol. The number of carbonyl (C=O) groups excluding carboxylic acids is 1. The van der Waals surface area contributed by atoms with E-state index in [1.807, 2.05) is 36.1 Å². The van der Waals surface area contributed by atoms with Crippen LogP contribution in [-0.2, 0) is 0 Å². The Kier molecular flexibility index (Phi) is 5.83. The van der Waals surface area contributed by atoms with Crippen molar-refractivity contribution >= 4 is 5.91 Å². The Morgan fingerprint density at radius 1 is 1.36 bits per heavy atom. The molecule has 22 heavy (non-hydrogen) atoms. The Bertz CT molecular complexity index is 484. The zero-order valence-electron chi connectivity index (χ0n) is 13.8. The Balaban J connectivity index is 2.02. The number of rotatable bonds is 6. The van der Waals surface area contributed by atoms with Crippen LogP contribution in [0.2, 0.25) is 0 Å². The van der Waals surface area contributed by atoms with Crippen LogP contribution in [0.25, 0.3) is 0 Å². The molecule has 1 heterocycles. The summed E-state index contributed by atoms with van der Waals surface area (Å²) in [4.78, 5) is 14.5. The molecule has 122 valence electrons. The van der Waals surface area contributed by atoms with Gasteiger partial charge >= 0.3 is 0 Å². The third-order valence-electron chi connectivity index (χ3n) is 4.26. The zero-order valence-corrected chi connectivity index (χ0v) is 13.8. The van der Waals surface area contributed by atoms with Crippen molar-refractivity contribution in [2.75, 3.05) is 6.54 Å². The highest BCUT2D eigenvalue weighted by Crippen LogP contribution is 2.24. The Labute approximate surface area is 133 Å². The van der Waals surface area contributed by atoms with Gasteiger partial charge in [0.1, 0.15) is 5.75 Å². The first-order chi connectivity index (χ1) is 10.5. The first kappa shape index (κ1) is 16.8. The fourth-order valence-electron chi connectivity index (χ4n) is 2.90. The first-order valence-corrected chi connectivity index (χ1v) is 8.27. The van der Waals surface area contributed by atoms with Crippen LogP contribution in [0.3, 0.4) is 0 Å². The molecule has 1 aliphatic heterocycles. The molecule has 1 fully saturated rings. The first-order valence-electron chi connectivity index (χ1n) is 8.27. The maximum absolute atomic E-state index is 12.6. The van der Waals surface area contributed by atoms with Crippen molar-refractivity contribution in [3.8, 4) is 5.75 Å². The predicted molar refractivity (Wildman–Crippen MR) is 87.2 cm³/mol. The fraction of sp³-hybridized carbons (Fsp3) is 0.611. The van der Waals surface area contributed by atoms with E-state index < -0.39 is 0 Å². The van der Waals surface area contributed by atoms with Gasteiger partial charge in [0.2, 0.25) is 0 Å². The van der Waals surface area contributed by atoms with E-state index in [0.29, 0.717) is 12.0 Å². The normalized spacial score (nSPS) is 20.7. The third-order valence-corrected chi connectivity index (χ3v) is 4.26. The molecule has 1 aromatic rings. The lowest BCUT2D eigenvalue weighted by atomic mass is 10.1. The van der Waals surface area contributed by atoms with E-state index in [2.05, 4.69) is 6.92 Å². The fourth-order valence-corrected chi connectivity index (χ4v) is 2.90. The summed E-state index contributed by atoms with van der Waals surface area (Å²) >= 11 is 0. The second-order valence-corrected chi connectivity index (χ2v) is 6.24. The summed E-state index contributed by atoms with van der Waals surface area (Å²) in [6.07, 6.45) is 3.40. The lowest BCUT2D eigenvalue weighted by Crippen LogP contribution is -2.37. The summed E-state index contributed by atoms with van der Waals surface area (Å²) < 4.78 is 5.74. The lowest BCUT2D eigenvalue weighted by Gasteiger charge is -2.26. The van der Waals surface area contributed by atoms with E-state index in [4.69, 9.17) is 4.74 Å². The van der Waals surface area contributed by atoms with E-state index in [9.17, 15) is 9.90 Å². The maximum Gasteiger partial charge on any atom is 0.254 e. The van der Waals surface area contributed by atoms with Gasteiger partial charge in [0.15, 0.2) is 0 Å². The number of aliphatic hydroxyl groups excluding tert-OH is 1. The number of benzene rings is 1. The van der Waals surface area contributed by atoms with Crippen LogP contribution in [0.1, 0.15) is 56.8 Å². The molecule has 1 aromatic carbocycles. The molecule has 0 aromatic heterocycles. The molecule has 0 bridgehead atoms. The van der Waals surface area contributed by atoms with Crippen LogP contribution >= 0.6 is 0 Å². The number of carbonyl (C=O) groups is 1. The number of hydrogen-bond acceptors (Lipinski definition) is 3. The molecule has 4 heteroatoms. The van der Waals surface area contributed by atoms with E-state index in [0.717, 1.165) is 31.6 Å². The smallest absolute Gasteiger partial charge is 0.254 e. The molecule has 0 radical (unpaired) electrons. The summed E-state index contributed by atoms with van der Waals surface area (Å²) in [5, 5.41) is 9.57. The molecule has 1 amide bonds. The molecular weight excluding hydrogens is 278 g/mol. The molecule has 1 N–H and O–H groups in total. The number of nitrogens with zero attached hydrogens (tertiary/aromatic N) is 1. The largest absolute Gasteiger partial charge is 0.491 e. The van der Waals surface area contributed by atoms with Crippen molar-refractivity contribution < 1.29 is 14.6 Å². The van der Waals surface area contributed by atoms with Crippen molar-refractivity contribution in [3.63, 3.8) is 0 Å². The standard InChI is InChI=1S/C18H27NO3/c1-4-14(3)22-17-9-7-15(8-10-17)18(21)19-11-5-6-16(19)12-13(2)20/h7-10,13-14,16,20H,4-6,11-12H2,1-3H3. The summed E-state index contributed by atoms with van der Waals surface area (Å²) in [5.41, 5.74) is 0.689. The minimum Gasteiger partial charge on any atom is -0.491 e. The summed E-state index contributed by atoms with van der Waals surface area (Å²) in [6, 6.07) is 7.54. The van der Waals surface area contributed by atoms with Gasteiger partial charge in [-0.15, -0.1) is 0 Å². The number of likely N-dealkylation sites (tertiary alicyclic amines) is 1. The van der Waals surface area contributed by atoms with E-state index in [-0.39, 0.29) is 24.2 Å². The van der Waals surface area contributed by atoms with Crippen LogP contribution in [0.5, 0.6) is 5.75 Å². The molecule has 1 saturated heterocycles. The number of ether oxygens (including phenoxy) is 1. The third kappa shape index (κ3) is 4.23. The van der Waals surface area contributed by atoms with E-state index >= 15 is 0 Å². The van der Waals surface area contributed by atoms with Gasteiger partial charge in [-0.1, -0.05) is 6.92 Å². The monoisotopic (exact) mass is 305 g/mol. The van der Waals surface area contributed by atoms with Crippen molar-refractivity contribution in [2.45, 2.75) is 64.7 Å². The van der Waals surface area contributed by atoms with Crippen LogP contribution in [0.4, 0.5) is 0 Å². The molecule has 1 aliphatic rings. The summed E-state index contributed by atoms with van der Waals surface area (Å²) in [7, 11) is 0. The summed E-state index contributed by atoms with van der Waals surface area (Å²) in [5.74, 6) is 0.853. The topological polar surface area (TPSA) is 49.8 Å². The molecule has 0 spiro atoms. The van der Waals surface area contributed by atoms with Gasteiger partial charge in [-0.05, 0) is 63.8 Å². The van der Waals surface area contributed by atoms with Gasteiger partial charge in [-0.2, -0.15) is 0 Å². The average Bonchev–Trinajstić information content (AvgIpc) is 2.94. The van der Waals surface area contributed by atoms with Crippen LogP contribution in [0, 0.1) is 0 Å². The van der Waals surface area contributed by atoms with E-state index in [1.165, 1.54) is 0 Å². The Morgan fingerprint density at radius 3 is 2.64 bits per heavy atom. The van der Waals surface area contributed by atoms with Crippen LogP contribution in [-0.4, -0.2) is 40.7 Å².